The van der Waals surface area contributed by atoms with E-state index in [0.717, 1.165) is 12.8 Å². The van der Waals surface area contributed by atoms with Gasteiger partial charge < -0.3 is 10.2 Å². The molecule has 11 heavy (non-hydrogen) atoms. The van der Waals surface area contributed by atoms with E-state index >= 15 is 0 Å². The quantitative estimate of drug-likeness (QED) is 0.782. The minimum atomic E-state index is 0. The summed E-state index contributed by atoms with van der Waals surface area (Å²) in [5.74, 6) is 0.440. The minimum Gasteiger partial charge on any atom is -0.396 e. The number of hydrogen-bond acceptors (Lipinski definition) is 2. The SMILES string of the molecule is CC(C)CO.CCCCO.[Zr]. The van der Waals surface area contributed by atoms with Crippen LogP contribution in [-0.4, -0.2) is 23.4 Å². The number of aliphatic hydroxyl groups is 2. The Labute approximate surface area is 89.1 Å². The normalized spacial score (nSPS) is 8.18. The van der Waals surface area contributed by atoms with Gasteiger partial charge in [0.05, 0.1) is 0 Å². The molecule has 0 aliphatic rings. The van der Waals surface area contributed by atoms with Crippen LogP contribution in [0.4, 0.5) is 0 Å². The van der Waals surface area contributed by atoms with Crippen molar-refractivity contribution in [3.63, 3.8) is 0 Å². The van der Waals surface area contributed by atoms with E-state index in [1.54, 1.807) is 0 Å². The van der Waals surface area contributed by atoms with Crippen LogP contribution >= 0.6 is 0 Å². The van der Waals surface area contributed by atoms with Gasteiger partial charge in [-0.25, -0.2) is 0 Å². The van der Waals surface area contributed by atoms with E-state index in [0.29, 0.717) is 19.1 Å². The van der Waals surface area contributed by atoms with Crippen molar-refractivity contribution < 1.29 is 36.4 Å². The molecule has 0 radical (unpaired) electrons. The molecule has 2 nitrogen and oxygen atoms in total. The zero-order valence-corrected chi connectivity index (χ0v) is 10.3. The monoisotopic (exact) mass is 238 g/mol. The van der Waals surface area contributed by atoms with Gasteiger partial charge in [0.25, 0.3) is 0 Å². The first-order chi connectivity index (χ1) is 4.68. The van der Waals surface area contributed by atoms with Crippen LogP contribution in [-0.2, 0) is 26.2 Å². The van der Waals surface area contributed by atoms with Crippen LogP contribution < -0.4 is 0 Å². The molecular formula is C8H20O2Zr. The molecule has 2 N–H and O–H groups in total. The van der Waals surface area contributed by atoms with Crippen molar-refractivity contribution in [1.82, 2.24) is 0 Å². The van der Waals surface area contributed by atoms with Gasteiger partial charge in [0.2, 0.25) is 0 Å². The third-order valence-corrected chi connectivity index (χ3v) is 0.877. The van der Waals surface area contributed by atoms with Gasteiger partial charge in [0.1, 0.15) is 0 Å². The standard InChI is InChI=1S/2C4H10O.Zr/c1-4(2)3-5;1-2-3-4-5;/h4-5H,3H2,1-2H3;5H,2-4H2,1H3;. The van der Waals surface area contributed by atoms with Crippen LogP contribution in [0.3, 0.4) is 0 Å². The maximum Gasteiger partial charge on any atom is 0.0453 e. The van der Waals surface area contributed by atoms with Crippen molar-refractivity contribution in [2.45, 2.75) is 33.6 Å². The molecule has 3 heteroatoms. The molecule has 0 bridgehead atoms. The fourth-order valence-corrected chi connectivity index (χ4v) is 0.158. The molecule has 0 saturated carbocycles. The second-order valence-electron chi connectivity index (χ2n) is 2.65. The molecule has 0 aromatic carbocycles. The summed E-state index contributed by atoms with van der Waals surface area (Å²) in [4.78, 5) is 0. The molecule has 0 aliphatic heterocycles. The van der Waals surface area contributed by atoms with Gasteiger partial charge in [-0.3, -0.25) is 0 Å². The van der Waals surface area contributed by atoms with Crippen LogP contribution in [0.2, 0.25) is 0 Å². The van der Waals surface area contributed by atoms with E-state index in [1.807, 2.05) is 13.8 Å². The van der Waals surface area contributed by atoms with Gasteiger partial charge in [0.15, 0.2) is 0 Å². The van der Waals surface area contributed by atoms with Crippen molar-refractivity contribution in [1.29, 1.82) is 0 Å². The van der Waals surface area contributed by atoms with E-state index in [9.17, 15) is 0 Å². The Morgan fingerprint density at radius 1 is 1.18 bits per heavy atom. The summed E-state index contributed by atoms with van der Waals surface area (Å²) < 4.78 is 0. The average Bonchev–Trinajstić information content (AvgIpc) is 1.91. The molecule has 0 spiro atoms. The maximum absolute atomic E-state index is 8.14. The van der Waals surface area contributed by atoms with Crippen LogP contribution in [0.5, 0.6) is 0 Å². The molecule has 68 valence electrons. The summed E-state index contributed by atoms with van der Waals surface area (Å²) in [6.07, 6.45) is 2.04. The van der Waals surface area contributed by atoms with Gasteiger partial charge in [-0.1, -0.05) is 27.2 Å². The van der Waals surface area contributed by atoms with Crippen molar-refractivity contribution >= 4 is 0 Å². The third kappa shape index (κ3) is 36.3. The third-order valence-electron chi connectivity index (χ3n) is 0.877. The Hall–Kier alpha value is 0.803. The second kappa shape index (κ2) is 17.1. The summed E-state index contributed by atoms with van der Waals surface area (Å²) in [5, 5.41) is 16.2. The molecule has 0 atom stereocenters. The molecule has 0 aromatic heterocycles. The van der Waals surface area contributed by atoms with E-state index in [2.05, 4.69) is 6.92 Å². The summed E-state index contributed by atoms with van der Waals surface area (Å²) in [6, 6.07) is 0. The maximum atomic E-state index is 8.14. The average molecular weight is 239 g/mol. The van der Waals surface area contributed by atoms with Gasteiger partial charge in [-0.05, 0) is 12.3 Å². The summed E-state index contributed by atoms with van der Waals surface area (Å²) in [6.45, 7) is 6.65. The molecule has 0 unspecified atom stereocenters. The number of hydrogen-bond donors (Lipinski definition) is 2. The molecule has 0 fully saturated rings. The topological polar surface area (TPSA) is 40.5 Å². The molecule has 0 saturated heterocycles. The predicted octanol–water partition coefficient (Wildman–Crippen LogP) is 1.41. The first-order valence-corrected chi connectivity index (χ1v) is 3.90. The van der Waals surface area contributed by atoms with Crippen LogP contribution in [0.25, 0.3) is 0 Å². The number of aliphatic hydroxyl groups excluding tert-OH is 2. The zero-order valence-electron chi connectivity index (χ0n) is 7.80. The first-order valence-electron chi connectivity index (χ1n) is 3.90. The molecule has 0 heterocycles. The second-order valence-corrected chi connectivity index (χ2v) is 2.65. The fraction of sp³-hybridized carbons (Fsp3) is 1.00. The summed E-state index contributed by atoms with van der Waals surface area (Å²) in [7, 11) is 0. The fourth-order valence-electron chi connectivity index (χ4n) is 0.158. The van der Waals surface area contributed by atoms with Crippen molar-refractivity contribution in [2.24, 2.45) is 5.92 Å². The molecule has 0 aliphatic carbocycles. The van der Waals surface area contributed by atoms with E-state index < -0.39 is 0 Å². The summed E-state index contributed by atoms with van der Waals surface area (Å²) >= 11 is 0. The van der Waals surface area contributed by atoms with E-state index in [4.69, 9.17) is 10.2 Å². The van der Waals surface area contributed by atoms with Crippen LogP contribution in [0.1, 0.15) is 33.6 Å². The van der Waals surface area contributed by atoms with Crippen LogP contribution in [0.15, 0.2) is 0 Å². The smallest absolute Gasteiger partial charge is 0.0453 e. The van der Waals surface area contributed by atoms with E-state index in [1.165, 1.54) is 0 Å². The molecule has 0 rings (SSSR count). The Bertz CT molecular complexity index is 47.4. The Balaban J connectivity index is -0.000000107. The minimum absolute atomic E-state index is 0. The molecule has 0 aromatic rings. The molecule has 0 amide bonds. The predicted molar refractivity (Wildman–Crippen MR) is 43.9 cm³/mol. The first kappa shape index (κ1) is 17.8. The van der Waals surface area contributed by atoms with Gasteiger partial charge in [0, 0.05) is 39.4 Å². The van der Waals surface area contributed by atoms with E-state index in [-0.39, 0.29) is 26.2 Å². The molecular weight excluding hydrogens is 219 g/mol. The number of rotatable bonds is 3. The van der Waals surface area contributed by atoms with Crippen molar-refractivity contribution in [3.8, 4) is 0 Å². The zero-order chi connectivity index (χ0) is 8.41. The summed E-state index contributed by atoms with van der Waals surface area (Å²) in [5.41, 5.74) is 0. The van der Waals surface area contributed by atoms with Gasteiger partial charge in [-0.15, -0.1) is 0 Å². The Morgan fingerprint density at radius 2 is 1.55 bits per heavy atom. The van der Waals surface area contributed by atoms with Gasteiger partial charge in [-0.2, -0.15) is 0 Å². The Morgan fingerprint density at radius 3 is 1.55 bits per heavy atom. The van der Waals surface area contributed by atoms with Crippen molar-refractivity contribution in [2.75, 3.05) is 13.2 Å². The number of unbranched alkanes of at least 4 members (excludes halogenated alkanes) is 1. The largest absolute Gasteiger partial charge is 0.396 e. The Kier molecular flexibility index (Phi) is 27.6. The van der Waals surface area contributed by atoms with Gasteiger partial charge >= 0.3 is 0 Å². The van der Waals surface area contributed by atoms with Crippen molar-refractivity contribution in [3.05, 3.63) is 0 Å². The van der Waals surface area contributed by atoms with Crippen LogP contribution in [0, 0.1) is 5.92 Å².